The molecule has 178 valence electrons. The van der Waals surface area contributed by atoms with Gasteiger partial charge in [-0.15, -0.1) is 0 Å². The van der Waals surface area contributed by atoms with E-state index in [0.717, 1.165) is 15.4 Å². The van der Waals surface area contributed by atoms with Crippen molar-refractivity contribution in [2.45, 2.75) is 25.7 Å². The van der Waals surface area contributed by atoms with Crippen LogP contribution in [0.25, 0.3) is 0 Å². The number of halogens is 1. The van der Waals surface area contributed by atoms with Gasteiger partial charge in [-0.05, 0) is 62.7 Å². The molecule has 0 aliphatic carbocycles. The Bertz CT molecular complexity index is 1340. The molecule has 3 aromatic rings. The Hall–Kier alpha value is -3.36. The fourth-order valence-electron chi connectivity index (χ4n) is 3.42. The number of methoxy groups -OCH3 is 1. The Balaban J connectivity index is 1.97. The third-order valence-electron chi connectivity index (χ3n) is 5.17. The van der Waals surface area contributed by atoms with Crippen LogP contribution < -0.4 is 9.62 Å². The first-order valence-corrected chi connectivity index (χ1v) is 12.2. The van der Waals surface area contributed by atoms with E-state index in [-0.39, 0.29) is 21.2 Å². The molecule has 0 saturated carbocycles. The number of nitrogens with zero attached hydrogens (tertiary/aromatic N) is 1. The molecule has 0 spiro atoms. The van der Waals surface area contributed by atoms with Crippen LogP contribution in [0.2, 0.25) is 5.02 Å². The smallest absolute Gasteiger partial charge is 0.339 e. The van der Waals surface area contributed by atoms with Gasteiger partial charge < -0.3 is 10.1 Å². The number of carbonyl (C=O) groups excluding carboxylic acids is 2. The lowest BCUT2D eigenvalue weighted by Crippen LogP contribution is -2.38. The largest absolute Gasteiger partial charge is 0.465 e. The maximum atomic E-state index is 13.6. The van der Waals surface area contributed by atoms with E-state index in [1.165, 1.54) is 37.4 Å². The second-order valence-electron chi connectivity index (χ2n) is 7.85. The zero-order valence-electron chi connectivity index (χ0n) is 19.3. The van der Waals surface area contributed by atoms with E-state index in [0.29, 0.717) is 11.3 Å². The molecule has 0 saturated heterocycles. The van der Waals surface area contributed by atoms with Crippen molar-refractivity contribution in [3.8, 4) is 0 Å². The normalized spacial score (nSPS) is 11.1. The number of rotatable bonds is 7. The van der Waals surface area contributed by atoms with Gasteiger partial charge in [0.05, 0.1) is 28.3 Å². The van der Waals surface area contributed by atoms with Gasteiger partial charge in [0.15, 0.2) is 0 Å². The van der Waals surface area contributed by atoms with Crippen LogP contribution in [0, 0.1) is 20.8 Å². The molecule has 7 nitrogen and oxygen atoms in total. The molecule has 0 aliphatic heterocycles. The minimum Gasteiger partial charge on any atom is -0.465 e. The summed E-state index contributed by atoms with van der Waals surface area (Å²) in [5.41, 5.74) is 3.35. The summed E-state index contributed by atoms with van der Waals surface area (Å²) in [5, 5.41) is 2.81. The van der Waals surface area contributed by atoms with E-state index in [4.69, 9.17) is 16.3 Å². The van der Waals surface area contributed by atoms with Crippen molar-refractivity contribution in [3.63, 3.8) is 0 Å². The van der Waals surface area contributed by atoms with Crippen molar-refractivity contribution < 1.29 is 22.7 Å². The number of hydrogen-bond acceptors (Lipinski definition) is 5. The number of aryl methyl sites for hydroxylation is 3. The average Bonchev–Trinajstić information content (AvgIpc) is 2.79. The van der Waals surface area contributed by atoms with Gasteiger partial charge in [-0.25, -0.2) is 13.2 Å². The summed E-state index contributed by atoms with van der Waals surface area (Å²) in [7, 11) is -2.82. The molecule has 1 amide bonds. The molecule has 0 aromatic heterocycles. The molecule has 9 heteroatoms. The minimum atomic E-state index is -4.05. The molecule has 0 heterocycles. The molecule has 0 atom stereocenters. The quantitative estimate of drug-likeness (QED) is 0.466. The highest BCUT2D eigenvalue weighted by Gasteiger charge is 2.28. The van der Waals surface area contributed by atoms with Crippen LogP contribution in [0.3, 0.4) is 0 Å². The zero-order valence-corrected chi connectivity index (χ0v) is 20.8. The zero-order chi connectivity index (χ0) is 25.0. The second kappa shape index (κ2) is 10.3. The third kappa shape index (κ3) is 5.58. The predicted molar refractivity (Wildman–Crippen MR) is 133 cm³/mol. The van der Waals surface area contributed by atoms with E-state index in [2.05, 4.69) is 5.32 Å². The lowest BCUT2D eigenvalue weighted by molar-refractivity contribution is -0.114. The third-order valence-corrected chi connectivity index (χ3v) is 7.28. The van der Waals surface area contributed by atoms with Gasteiger partial charge in [0, 0.05) is 5.69 Å². The number of esters is 1. The van der Waals surface area contributed by atoms with Crippen molar-refractivity contribution in [2.24, 2.45) is 0 Å². The van der Waals surface area contributed by atoms with Crippen molar-refractivity contribution in [1.82, 2.24) is 0 Å². The van der Waals surface area contributed by atoms with Gasteiger partial charge in [0.1, 0.15) is 6.54 Å². The summed E-state index contributed by atoms with van der Waals surface area (Å²) in [6.07, 6.45) is 0. The Morgan fingerprint density at radius 2 is 1.59 bits per heavy atom. The molecule has 34 heavy (non-hydrogen) atoms. The molecule has 0 bridgehead atoms. The number of carbonyl (C=O) groups is 2. The van der Waals surface area contributed by atoms with Gasteiger partial charge in [0.25, 0.3) is 10.0 Å². The number of benzene rings is 3. The number of anilines is 2. The standard InChI is InChI=1S/C25H25ClN2O5S/c1-16-5-9-20(10-6-16)34(31,32)28(23-12-7-17(2)13-18(23)3)15-24(29)27-19-8-11-22(26)21(14-19)25(30)33-4/h5-14H,15H2,1-4H3,(H,27,29). The molecule has 0 aliphatic rings. The number of nitrogens with one attached hydrogen (secondary N) is 1. The SMILES string of the molecule is COC(=O)c1cc(NC(=O)CN(c2ccc(C)cc2C)S(=O)(=O)c2ccc(C)cc2)ccc1Cl. The van der Waals surface area contributed by atoms with Crippen molar-refractivity contribution in [3.05, 3.63) is 87.9 Å². The number of amides is 1. The number of sulfonamides is 1. The molecule has 0 radical (unpaired) electrons. The Kier molecular flexibility index (Phi) is 7.64. The summed E-state index contributed by atoms with van der Waals surface area (Å²) in [5.74, 6) is -1.24. The van der Waals surface area contributed by atoms with Gasteiger partial charge in [-0.3, -0.25) is 9.10 Å². The highest BCUT2D eigenvalue weighted by atomic mass is 35.5. The van der Waals surface area contributed by atoms with E-state index in [1.807, 2.05) is 19.9 Å². The average molecular weight is 501 g/mol. The number of ether oxygens (including phenoxy) is 1. The molecular weight excluding hydrogens is 476 g/mol. The molecule has 3 aromatic carbocycles. The first-order chi connectivity index (χ1) is 16.0. The summed E-state index contributed by atoms with van der Waals surface area (Å²) >= 11 is 6.04. The maximum absolute atomic E-state index is 13.6. The topological polar surface area (TPSA) is 92.8 Å². The van der Waals surface area contributed by atoms with E-state index < -0.39 is 28.4 Å². The first-order valence-electron chi connectivity index (χ1n) is 10.4. The molecule has 0 fully saturated rings. The van der Waals surface area contributed by atoms with Crippen LogP contribution in [0.5, 0.6) is 0 Å². The van der Waals surface area contributed by atoms with E-state index in [9.17, 15) is 18.0 Å². The van der Waals surface area contributed by atoms with E-state index >= 15 is 0 Å². The fraction of sp³-hybridized carbons (Fsp3) is 0.200. The lowest BCUT2D eigenvalue weighted by atomic mass is 10.1. The molecule has 0 unspecified atom stereocenters. The molecule has 1 N–H and O–H groups in total. The second-order valence-corrected chi connectivity index (χ2v) is 10.1. The summed E-state index contributed by atoms with van der Waals surface area (Å²) < 4.78 is 32.9. The van der Waals surface area contributed by atoms with Crippen molar-refractivity contribution >= 4 is 44.9 Å². The predicted octanol–water partition coefficient (Wildman–Crippen LogP) is 4.89. The highest BCUT2D eigenvalue weighted by Crippen LogP contribution is 2.28. The van der Waals surface area contributed by atoms with Crippen LogP contribution in [-0.2, 0) is 19.6 Å². The minimum absolute atomic E-state index is 0.0744. The maximum Gasteiger partial charge on any atom is 0.339 e. The van der Waals surface area contributed by atoms with E-state index in [1.54, 1.807) is 31.2 Å². The van der Waals surface area contributed by atoms with Gasteiger partial charge >= 0.3 is 5.97 Å². The Morgan fingerprint density at radius 1 is 0.941 bits per heavy atom. The van der Waals surface area contributed by atoms with Crippen LogP contribution >= 0.6 is 11.6 Å². The highest BCUT2D eigenvalue weighted by molar-refractivity contribution is 7.92. The summed E-state index contributed by atoms with van der Waals surface area (Å²) in [6.45, 7) is 5.08. The first kappa shape index (κ1) is 25.3. The van der Waals surface area contributed by atoms with Crippen LogP contribution in [0.1, 0.15) is 27.0 Å². The monoisotopic (exact) mass is 500 g/mol. The Morgan fingerprint density at radius 3 is 2.21 bits per heavy atom. The van der Waals surface area contributed by atoms with Gasteiger partial charge in [-0.1, -0.05) is 47.0 Å². The fourth-order valence-corrected chi connectivity index (χ4v) is 5.10. The molecular formula is C25H25ClN2O5S. The van der Waals surface area contributed by atoms with Crippen molar-refractivity contribution in [2.75, 3.05) is 23.3 Å². The van der Waals surface area contributed by atoms with Crippen LogP contribution in [0.4, 0.5) is 11.4 Å². The summed E-state index contributed by atoms with van der Waals surface area (Å²) in [6, 6.07) is 16.1. The van der Waals surface area contributed by atoms with Crippen LogP contribution in [0.15, 0.2) is 65.6 Å². The Labute approximate surface area is 204 Å². The van der Waals surface area contributed by atoms with Crippen LogP contribution in [-0.4, -0.2) is 33.9 Å². The van der Waals surface area contributed by atoms with Crippen molar-refractivity contribution in [1.29, 1.82) is 0 Å². The van der Waals surface area contributed by atoms with Gasteiger partial charge in [-0.2, -0.15) is 0 Å². The summed E-state index contributed by atoms with van der Waals surface area (Å²) in [4.78, 5) is 25.0. The van der Waals surface area contributed by atoms with Gasteiger partial charge in [0.2, 0.25) is 5.91 Å². The molecule has 3 rings (SSSR count). The lowest BCUT2D eigenvalue weighted by Gasteiger charge is -2.26. The number of hydrogen-bond donors (Lipinski definition) is 1.